The molecule has 1 amide bonds. The van der Waals surface area contributed by atoms with E-state index in [0.717, 1.165) is 18.1 Å². The SMILES string of the molecule is CSC1=NC(=O)C(CCC(=O)OCC2=CC[C@H]3C[C@@H]2C3(C)C)C(C)=N1. The van der Waals surface area contributed by atoms with Gasteiger partial charge in [-0.15, -0.1) is 0 Å². The predicted molar refractivity (Wildman–Crippen MR) is 101 cm³/mol. The lowest BCUT2D eigenvalue weighted by molar-refractivity contribution is -0.143. The van der Waals surface area contributed by atoms with E-state index in [1.54, 1.807) is 0 Å². The Morgan fingerprint density at radius 1 is 1.40 bits per heavy atom. The van der Waals surface area contributed by atoms with Crippen LogP contribution in [-0.4, -0.2) is 35.6 Å². The van der Waals surface area contributed by atoms with E-state index < -0.39 is 5.92 Å². The molecule has 0 N–H and O–H groups in total. The third-order valence-electron chi connectivity index (χ3n) is 6.08. The molecular weight excluding hydrogens is 336 g/mol. The molecule has 1 unspecified atom stereocenters. The van der Waals surface area contributed by atoms with Crippen LogP contribution in [0.5, 0.6) is 0 Å². The Hall–Kier alpha value is -1.43. The maximum absolute atomic E-state index is 12.1. The number of ether oxygens (including phenoxy) is 1. The van der Waals surface area contributed by atoms with Crippen molar-refractivity contribution in [3.63, 3.8) is 0 Å². The molecule has 0 aromatic carbocycles. The molecule has 0 saturated heterocycles. The maximum Gasteiger partial charge on any atom is 0.306 e. The van der Waals surface area contributed by atoms with Crippen molar-refractivity contribution in [1.29, 1.82) is 0 Å². The van der Waals surface area contributed by atoms with Crippen LogP contribution in [0.2, 0.25) is 0 Å². The van der Waals surface area contributed by atoms with Crippen molar-refractivity contribution < 1.29 is 14.3 Å². The molecule has 136 valence electrons. The molecule has 1 aliphatic heterocycles. The monoisotopic (exact) mass is 362 g/mol. The molecule has 1 heterocycles. The second-order valence-electron chi connectivity index (χ2n) is 7.76. The van der Waals surface area contributed by atoms with Crippen molar-refractivity contribution in [1.82, 2.24) is 0 Å². The highest BCUT2D eigenvalue weighted by molar-refractivity contribution is 8.13. The van der Waals surface area contributed by atoms with Gasteiger partial charge < -0.3 is 4.74 Å². The summed E-state index contributed by atoms with van der Waals surface area (Å²) in [5.41, 5.74) is 2.34. The third kappa shape index (κ3) is 3.59. The molecule has 5 nitrogen and oxygen atoms in total. The standard InChI is InChI=1S/C19H26N2O3S/c1-11-14(17(23)21-18(20-11)25-4)7-8-16(22)24-10-12-5-6-13-9-15(12)19(13,2)3/h5,13-15H,6-10H2,1-4H3/t13-,14?,15-/m0/s1. The number of esters is 1. The van der Waals surface area contributed by atoms with Gasteiger partial charge in [-0.25, -0.2) is 4.99 Å². The lowest BCUT2D eigenvalue weighted by atomic mass is 9.49. The largest absolute Gasteiger partial charge is 0.461 e. The molecule has 3 aliphatic carbocycles. The third-order valence-corrected chi connectivity index (χ3v) is 6.63. The summed E-state index contributed by atoms with van der Waals surface area (Å²) < 4.78 is 5.48. The molecule has 1 fully saturated rings. The number of hydrogen-bond donors (Lipinski definition) is 0. The number of amidine groups is 1. The van der Waals surface area contributed by atoms with Crippen molar-refractivity contribution in [3.05, 3.63) is 11.6 Å². The van der Waals surface area contributed by atoms with Gasteiger partial charge in [0.15, 0.2) is 5.17 Å². The van der Waals surface area contributed by atoms with Crippen LogP contribution in [0.25, 0.3) is 0 Å². The summed E-state index contributed by atoms with van der Waals surface area (Å²) in [7, 11) is 0. The number of thioether (sulfide) groups is 1. The van der Waals surface area contributed by atoms with E-state index in [0.29, 0.717) is 29.5 Å². The van der Waals surface area contributed by atoms with Gasteiger partial charge in [-0.1, -0.05) is 31.7 Å². The van der Waals surface area contributed by atoms with E-state index >= 15 is 0 Å². The van der Waals surface area contributed by atoms with Gasteiger partial charge in [-0.3, -0.25) is 9.59 Å². The first-order valence-electron chi connectivity index (χ1n) is 8.89. The fourth-order valence-electron chi connectivity index (χ4n) is 4.17. The zero-order valence-electron chi connectivity index (χ0n) is 15.4. The van der Waals surface area contributed by atoms with E-state index in [1.807, 2.05) is 13.2 Å². The first-order chi connectivity index (χ1) is 11.8. The molecule has 3 atom stereocenters. The van der Waals surface area contributed by atoms with E-state index in [9.17, 15) is 9.59 Å². The summed E-state index contributed by atoms with van der Waals surface area (Å²) in [4.78, 5) is 32.4. The van der Waals surface area contributed by atoms with Gasteiger partial charge in [0, 0.05) is 12.1 Å². The molecule has 2 bridgehead atoms. The van der Waals surface area contributed by atoms with E-state index in [2.05, 4.69) is 29.9 Å². The second kappa shape index (κ2) is 7.06. The fourth-order valence-corrected chi connectivity index (χ4v) is 4.58. The summed E-state index contributed by atoms with van der Waals surface area (Å²) >= 11 is 1.35. The number of fused-ring (bicyclic) bond motifs is 1. The van der Waals surface area contributed by atoms with Crippen molar-refractivity contribution in [3.8, 4) is 0 Å². The lowest BCUT2D eigenvalue weighted by Crippen LogP contribution is -2.48. The van der Waals surface area contributed by atoms with Gasteiger partial charge in [0.2, 0.25) is 0 Å². The average molecular weight is 362 g/mol. The predicted octanol–water partition coefficient (Wildman–Crippen LogP) is 3.64. The van der Waals surface area contributed by atoms with Crippen LogP contribution in [0, 0.1) is 23.2 Å². The zero-order chi connectivity index (χ0) is 18.2. The van der Waals surface area contributed by atoms with Crippen LogP contribution in [0.1, 0.15) is 46.5 Å². The Bertz CT molecular complexity index is 678. The fraction of sp³-hybridized carbons (Fsp3) is 0.684. The Kier molecular flexibility index (Phi) is 5.19. The summed E-state index contributed by atoms with van der Waals surface area (Å²) in [6.07, 6.45) is 7.03. The number of aliphatic imine (C=N–C) groups is 2. The van der Waals surface area contributed by atoms with Crippen molar-refractivity contribution in [2.45, 2.75) is 46.5 Å². The molecule has 6 heteroatoms. The first kappa shape index (κ1) is 18.4. The van der Waals surface area contributed by atoms with Gasteiger partial charge in [-0.2, -0.15) is 4.99 Å². The van der Waals surface area contributed by atoms with Crippen molar-refractivity contribution in [2.75, 3.05) is 12.9 Å². The Morgan fingerprint density at radius 2 is 2.16 bits per heavy atom. The van der Waals surface area contributed by atoms with Gasteiger partial charge >= 0.3 is 5.97 Å². The quantitative estimate of drug-likeness (QED) is 0.553. The smallest absolute Gasteiger partial charge is 0.306 e. The molecule has 0 aromatic heterocycles. The summed E-state index contributed by atoms with van der Waals surface area (Å²) in [5.74, 6) is 0.474. The highest BCUT2D eigenvalue weighted by Crippen LogP contribution is 2.59. The summed E-state index contributed by atoms with van der Waals surface area (Å²) in [5, 5.41) is 0.493. The molecular formula is C19H26N2O3S. The van der Waals surface area contributed by atoms with Gasteiger partial charge in [-0.05, 0) is 55.3 Å². The zero-order valence-corrected chi connectivity index (χ0v) is 16.2. The number of carbonyl (C=O) groups excluding carboxylic acids is 2. The van der Waals surface area contributed by atoms with E-state index in [4.69, 9.17) is 4.74 Å². The number of allylic oxidation sites excluding steroid dienone is 1. The van der Waals surface area contributed by atoms with Crippen LogP contribution in [-0.2, 0) is 14.3 Å². The van der Waals surface area contributed by atoms with Crippen LogP contribution in [0.3, 0.4) is 0 Å². The average Bonchev–Trinajstić information content (AvgIpc) is 2.58. The van der Waals surface area contributed by atoms with Crippen LogP contribution < -0.4 is 0 Å². The molecule has 0 radical (unpaired) electrons. The van der Waals surface area contributed by atoms with Crippen molar-refractivity contribution >= 4 is 34.5 Å². The minimum absolute atomic E-state index is 0.207. The number of amides is 1. The Labute approximate surface area is 153 Å². The topological polar surface area (TPSA) is 68.1 Å². The van der Waals surface area contributed by atoms with Gasteiger partial charge in [0.05, 0.1) is 5.92 Å². The summed E-state index contributed by atoms with van der Waals surface area (Å²) in [6, 6.07) is 0. The second-order valence-corrected chi connectivity index (χ2v) is 8.54. The molecule has 0 aromatic rings. The maximum atomic E-state index is 12.1. The van der Waals surface area contributed by atoms with E-state index in [-0.39, 0.29) is 18.3 Å². The minimum atomic E-state index is -0.399. The molecule has 25 heavy (non-hydrogen) atoms. The van der Waals surface area contributed by atoms with Gasteiger partial charge in [0.1, 0.15) is 6.61 Å². The Balaban J connectivity index is 1.46. The number of rotatable bonds is 5. The summed E-state index contributed by atoms with van der Waals surface area (Å²) in [6.45, 7) is 6.82. The Morgan fingerprint density at radius 3 is 2.76 bits per heavy atom. The number of hydrogen-bond acceptors (Lipinski definition) is 5. The minimum Gasteiger partial charge on any atom is -0.461 e. The molecule has 1 saturated carbocycles. The van der Waals surface area contributed by atoms with Crippen molar-refractivity contribution in [2.24, 2.45) is 33.2 Å². The van der Waals surface area contributed by atoms with E-state index in [1.165, 1.54) is 23.8 Å². The first-order valence-corrected chi connectivity index (χ1v) is 10.1. The van der Waals surface area contributed by atoms with Crippen LogP contribution >= 0.6 is 11.8 Å². The highest BCUT2D eigenvalue weighted by Gasteiger charge is 2.51. The molecule has 4 rings (SSSR count). The normalized spacial score (nSPS) is 30.0. The number of nitrogens with zero attached hydrogens (tertiary/aromatic N) is 2. The number of carbonyl (C=O) groups is 2. The molecule has 4 aliphatic rings. The lowest BCUT2D eigenvalue weighted by Gasteiger charge is -2.56. The molecule has 0 spiro atoms. The van der Waals surface area contributed by atoms with Crippen LogP contribution in [0.4, 0.5) is 0 Å². The van der Waals surface area contributed by atoms with Gasteiger partial charge in [0.25, 0.3) is 5.91 Å². The van der Waals surface area contributed by atoms with Crippen LogP contribution in [0.15, 0.2) is 21.6 Å². The highest BCUT2D eigenvalue weighted by atomic mass is 32.2.